The van der Waals surface area contributed by atoms with Gasteiger partial charge in [0.05, 0.1) is 16.9 Å². The van der Waals surface area contributed by atoms with Crippen molar-refractivity contribution in [2.24, 2.45) is 0 Å². The first-order valence-electron chi connectivity index (χ1n) is 10.6. The fraction of sp³-hybridized carbons (Fsp3) is 0.261. The molecular formula is C23H24FN7O. The summed E-state index contributed by atoms with van der Waals surface area (Å²) in [5.74, 6) is -0.837. The zero-order valence-corrected chi connectivity index (χ0v) is 18.0. The lowest BCUT2D eigenvalue weighted by molar-refractivity contribution is 0.102. The van der Waals surface area contributed by atoms with Crippen LogP contribution >= 0.6 is 0 Å². The summed E-state index contributed by atoms with van der Waals surface area (Å²) in [5, 5.41) is 11.7. The van der Waals surface area contributed by atoms with Crippen LogP contribution in [0.1, 0.15) is 23.0 Å². The van der Waals surface area contributed by atoms with Crippen molar-refractivity contribution in [3.63, 3.8) is 0 Å². The number of imidazole rings is 1. The Labute approximate surface area is 184 Å². The lowest BCUT2D eigenvalue weighted by Gasteiger charge is -2.30. The van der Waals surface area contributed by atoms with Crippen LogP contribution in [0.5, 0.6) is 0 Å². The van der Waals surface area contributed by atoms with Crippen LogP contribution in [0.3, 0.4) is 0 Å². The molecule has 0 bridgehead atoms. The minimum atomic E-state index is -0.493. The maximum atomic E-state index is 14.4. The number of allylic oxidation sites excluding steroid dienone is 1. The predicted molar refractivity (Wildman–Crippen MR) is 124 cm³/mol. The molecule has 1 aromatic carbocycles. The molecule has 0 atom stereocenters. The molecule has 32 heavy (non-hydrogen) atoms. The number of rotatable bonds is 4. The molecular weight excluding hydrogens is 409 g/mol. The van der Waals surface area contributed by atoms with E-state index in [1.807, 2.05) is 31.5 Å². The summed E-state index contributed by atoms with van der Waals surface area (Å²) < 4.78 is 17.7. The van der Waals surface area contributed by atoms with Gasteiger partial charge in [0.2, 0.25) is 0 Å². The van der Waals surface area contributed by atoms with Crippen LogP contribution in [-0.2, 0) is 0 Å². The zero-order chi connectivity index (χ0) is 22.2. The van der Waals surface area contributed by atoms with E-state index in [-0.39, 0.29) is 11.6 Å². The molecule has 1 aliphatic heterocycles. The Morgan fingerprint density at radius 1 is 1.22 bits per heavy atom. The molecule has 5 rings (SSSR count). The largest absolute Gasteiger partial charge is 0.368 e. The fourth-order valence-corrected chi connectivity index (χ4v) is 4.15. The number of nitrogens with zero attached hydrogens (tertiary/aromatic N) is 5. The van der Waals surface area contributed by atoms with Gasteiger partial charge in [0, 0.05) is 68.1 Å². The molecule has 0 radical (unpaired) electrons. The number of halogens is 1. The highest BCUT2D eigenvalue weighted by atomic mass is 19.1. The zero-order valence-electron chi connectivity index (χ0n) is 18.0. The van der Waals surface area contributed by atoms with Crippen molar-refractivity contribution >= 4 is 40.0 Å². The van der Waals surface area contributed by atoms with Gasteiger partial charge in [-0.1, -0.05) is 6.08 Å². The van der Waals surface area contributed by atoms with Crippen molar-refractivity contribution in [2.45, 2.75) is 13.8 Å². The van der Waals surface area contributed by atoms with Gasteiger partial charge in [-0.15, -0.1) is 0 Å². The van der Waals surface area contributed by atoms with Crippen LogP contribution in [0, 0.1) is 12.7 Å². The summed E-state index contributed by atoms with van der Waals surface area (Å²) in [4.78, 5) is 19.6. The Bertz CT molecular complexity index is 1350. The highest BCUT2D eigenvalue weighted by molar-refractivity contribution is 6.14. The summed E-state index contributed by atoms with van der Waals surface area (Å²) in [6.45, 7) is 7.31. The van der Waals surface area contributed by atoms with Crippen LogP contribution in [0.15, 0.2) is 42.9 Å². The number of aryl methyl sites for hydroxylation is 1. The molecule has 4 aromatic rings. The van der Waals surface area contributed by atoms with Crippen molar-refractivity contribution in [2.75, 3.05) is 36.4 Å². The first kappa shape index (κ1) is 20.2. The lowest BCUT2D eigenvalue weighted by Crippen LogP contribution is -2.43. The van der Waals surface area contributed by atoms with E-state index < -0.39 is 5.82 Å². The van der Waals surface area contributed by atoms with E-state index in [1.165, 1.54) is 6.07 Å². The molecule has 1 saturated heterocycles. The van der Waals surface area contributed by atoms with Crippen molar-refractivity contribution in [1.82, 2.24) is 24.5 Å². The quantitative estimate of drug-likeness (QED) is 0.516. The number of anilines is 2. The highest BCUT2D eigenvalue weighted by Crippen LogP contribution is 2.30. The van der Waals surface area contributed by atoms with Gasteiger partial charge in [0.25, 0.3) is 5.91 Å². The SMILES string of the molecule is C/C=C/n1cc2c(N3CCNCC3)ccc(C(=O)Nc3cc(F)c4nc(C)cn4c3)c2n1. The summed E-state index contributed by atoms with van der Waals surface area (Å²) >= 11 is 0. The Balaban J connectivity index is 1.53. The van der Waals surface area contributed by atoms with E-state index >= 15 is 0 Å². The van der Waals surface area contributed by atoms with Crippen molar-refractivity contribution in [3.8, 4) is 0 Å². The summed E-state index contributed by atoms with van der Waals surface area (Å²) in [7, 11) is 0. The van der Waals surface area contributed by atoms with Crippen LogP contribution in [0.25, 0.3) is 22.8 Å². The number of piperazine rings is 1. The minimum absolute atomic E-state index is 0.230. The van der Waals surface area contributed by atoms with Crippen LogP contribution in [0.2, 0.25) is 0 Å². The normalized spacial score (nSPS) is 14.7. The Hall–Kier alpha value is -3.72. The van der Waals surface area contributed by atoms with Crippen molar-refractivity contribution in [3.05, 3.63) is 59.9 Å². The van der Waals surface area contributed by atoms with E-state index in [1.54, 1.807) is 34.5 Å². The first-order chi connectivity index (χ1) is 15.5. The fourth-order valence-electron chi connectivity index (χ4n) is 4.15. The lowest BCUT2D eigenvalue weighted by atomic mass is 10.1. The van der Waals surface area contributed by atoms with Gasteiger partial charge in [-0.3, -0.25) is 4.79 Å². The number of nitrogens with one attached hydrogen (secondary N) is 2. The maximum absolute atomic E-state index is 14.4. The number of fused-ring (bicyclic) bond motifs is 2. The number of carbonyl (C=O) groups is 1. The minimum Gasteiger partial charge on any atom is -0.368 e. The third kappa shape index (κ3) is 3.60. The predicted octanol–water partition coefficient (Wildman–Crippen LogP) is 3.28. The van der Waals surface area contributed by atoms with E-state index in [4.69, 9.17) is 0 Å². The molecule has 0 saturated carbocycles. The molecule has 9 heteroatoms. The van der Waals surface area contributed by atoms with Crippen LogP contribution < -0.4 is 15.5 Å². The standard InChI is InChI=1S/C23H24FN7O/c1-3-8-31-14-18-20(29-9-6-25-7-10-29)5-4-17(21(18)28-31)23(32)27-16-11-19(24)22-26-15(2)12-30(22)13-16/h3-5,8,11-14,25H,6-7,9-10H2,1-2H3,(H,27,32)/b8-3+. The van der Waals surface area contributed by atoms with Gasteiger partial charge in [0.15, 0.2) is 11.5 Å². The average molecular weight is 433 g/mol. The third-order valence-electron chi connectivity index (χ3n) is 5.56. The van der Waals surface area contributed by atoms with E-state index in [0.717, 1.165) is 37.3 Å². The first-order valence-corrected chi connectivity index (χ1v) is 10.6. The smallest absolute Gasteiger partial charge is 0.257 e. The molecule has 1 aliphatic rings. The maximum Gasteiger partial charge on any atom is 0.257 e. The number of hydrogen-bond acceptors (Lipinski definition) is 5. The molecule has 3 aromatic heterocycles. The van der Waals surface area contributed by atoms with E-state index in [2.05, 4.69) is 25.6 Å². The number of pyridine rings is 1. The van der Waals surface area contributed by atoms with Gasteiger partial charge < -0.3 is 19.9 Å². The average Bonchev–Trinajstić information content (AvgIpc) is 3.37. The van der Waals surface area contributed by atoms with E-state index in [0.29, 0.717) is 22.5 Å². The van der Waals surface area contributed by atoms with Gasteiger partial charge in [-0.05, 0) is 26.0 Å². The summed E-state index contributed by atoms with van der Waals surface area (Å²) in [6, 6.07) is 5.04. The number of carbonyl (C=O) groups excluding carboxylic acids is 1. The van der Waals surface area contributed by atoms with Gasteiger partial charge in [-0.2, -0.15) is 5.10 Å². The van der Waals surface area contributed by atoms with Crippen molar-refractivity contribution < 1.29 is 9.18 Å². The second-order valence-corrected chi connectivity index (χ2v) is 7.87. The number of benzene rings is 1. The van der Waals surface area contributed by atoms with Crippen LogP contribution in [-0.4, -0.2) is 51.3 Å². The molecule has 0 spiro atoms. The van der Waals surface area contributed by atoms with Crippen LogP contribution in [0.4, 0.5) is 15.8 Å². The molecule has 0 aliphatic carbocycles. The molecule has 1 amide bonds. The number of aromatic nitrogens is 4. The molecule has 8 nitrogen and oxygen atoms in total. The Morgan fingerprint density at radius 3 is 2.81 bits per heavy atom. The second kappa shape index (κ2) is 8.08. The van der Waals surface area contributed by atoms with E-state index in [9.17, 15) is 9.18 Å². The van der Waals surface area contributed by atoms with Gasteiger partial charge in [-0.25, -0.2) is 14.1 Å². The molecule has 1 fully saturated rings. The molecule has 4 heterocycles. The Kier molecular flexibility index (Phi) is 5.10. The third-order valence-corrected chi connectivity index (χ3v) is 5.56. The molecule has 2 N–H and O–H groups in total. The topological polar surface area (TPSA) is 79.5 Å². The van der Waals surface area contributed by atoms with Crippen molar-refractivity contribution in [1.29, 1.82) is 0 Å². The monoisotopic (exact) mass is 433 g/mol. The Morgan fingerprint density at radius 2 is 2.03 bits per heavy atom. The molecule has 164 valence electrons. The molecule has 0 unspecified atom stereocenters. The highest BCUT2D eigenvalue weighted by Gasteiger charge is 2.20. The summed E-state index contributed by atoms with van der Waals surface area (Å²) in [6.07, 6.45) is 9.03. The van der Waals surface area contributed by atoms with Gasteiger partial charge >= 0.3 is 0 Å². The number of hydrogen-bond donors (Lipinski definition) is 2. The second-order valence-electron chi connectivity index (χ2n) is 7.87. The number of amides is 1. The summed E-state index contributed by atoms with van der Waals surface area (Å²) in [5.41, 5.74) is 3.38. The van der Waals surface area contributed by atoms with Gasteiger partial charge in [0.1, 0.15) is 5.52 Å².